The van der Waals surface area contributed by atoms with E-state index in [0.29, 0.717) is 5.69 Å². The molecule has 1 saturated carbocycles. The predicted molar refractivity (Wildman–Crippen MR) is 151 cm³/mol. The van der Waals surface area contributed by atoms with E-state index in [0.717, 1.165) is 22.4 Å². The Morgan fingerprint density at radius 1 is 1.07 bits per heavy atom. The van der Waals surface area contributed by atoms with E-state index in [1.54, 1.807) is 12.3 Å². The van der Waals surface area contributed by atoms with Crippen LogP contribution in [-0.4, -0.2) is 81.7 Å². The van der Waals surface area contributed by atoms with Crippen LogP contribution in [0.25, 0.3) is 11.3 Å². The molecule has 2 fully saturated rings. The molecule has 5 rings (SSSR count). The molecule has 2 aromatic heterocycles. The molecule has 3 aromatic rings. The van der Waals surface area contributed by atoms with Crippen molar-refractivity contribution in [2.45, 2.75) is 85.7 Å². The summed E-state index contributed by atoms with van der Waals surface area (Å²) >= 11 is 0. The van der Waals surface area contributed by atoms with Crippen molar-refractivity contribution in [1.82, 2.24) is 20.0 Å². The van der Waals surface area contributed by atoms with Crippen LogP contribution in [0.1, 0.15) is 68.0 Å². The molecule has 8 nitrogen and oxygen atoms in total. The van der Waals surface area contributed by atoms with E-state index in [4.69, 9.17) is 0 Å². The number of pyridine rings is 1. The topological polar surface area (TPSA) is 125 Å². The first kappa shape index (κ1) is 31.8. The fourth-order valence-electron chi connectivity index (χ4n) is 6.40. The van der Waals surface area contributed by atoms with Gasteiger partial charge in [-0.3, -0.25) is 4.98 Å². The first-order valence-corrected chi connectivity index (χ1v) is 15.8. The minimum absolute atomic E-state index is 0.00519. The fourth-order valence-corrected chi connectivity index (χ4v) is 10.1. The number of aromatic nitrogens is 4. The van der Waals surface area contributed by atoms with Gasteiger partial charge >= 0.3 is 0 Å². The maximum atomic E-state index is 14.2. The molecule has 2 unspecified atom stereocenters. The molecule has 236 valence electrons. The first-order valence-electron chi connectivity index (χ1n) is 14.1. The van der Waals surface area contributed by atoms with Gasteiger partial charge < -0.3 is 20.4 Å². The van der Waals surface area contributed by atoms with Gasteiger partial charge in [0.2, 0.25) is 5.92 Å². The Labute approximate surface area is 247 Å². The summed E-state index contributed by atoms with van der Waals surface area (Å²) < 4.78 is 70.7. The number of nitrogens with zero attached hydrogens (tertiary/aromatic N) is 4. The molecule has 0 bridgehead atoms. The average molecular weight is 631 g/mol. The van der Waals surface area contributed by atoms with Crippen LogP contribution in [0, 0.1) is 17.5 Å². The summed E-state index contributed by atoms with van der Waals surface area (Å²) in [4.78, 5) is 4.59. The average Bonchev–Trinajstić information content (AvgIpc) is 3.43. The summed E-state index contributed by atoms with van der Waals surface area (Å²) in [5, 5.41) is 51.7. The number of thiol groups is 1. The van der Waals surface area contributed by atoms with Crippen molar-refractivity contribution in [3.05, 3.63) is 65.4 Å². The molecule has 4 N–H and O–H groups in total. The summed E-state index contributed by atoms with van der Waals surface area (Å²) in [7, 11) is -1.67. The van der Waals surface area contributed by atoms with Crippen LogP contribution in [0.4, 0.5) is 22.0 Å². The molecular weight excluding hydrogens is 595 g/mol. The zero-order chi connectivity index (χ0) is 31.3. The van der Waals surface area contributed by atoms with E-state index in [2.05, 4.69) is 15.3 Å². The molecule has 0 amide bonds. The lowest BCUT2D eigenvalue weighted by Crippen LogP contribution is -2.53. The molecular formula is C29H35F5N4O4S. The van der Waals surface area contributed by atoms with Crippen molar-refractivity contribution in [1.29, 1.82) is 0 Å². The van der Waals surface area contributed by atoms with Crippen LogP contribution >= 0.6 is 10.9 Å². The second kappa shape index (κ2) is 12.0. The lowest BCUT2D eigenvalue weighted by molar-refractivity contribution is -0.105. The third-order valence-corrected chi connectivity index (χ3v) is 12.2. The van der Waals surface area contributed by atoms with Crippen LogP contribution < -0.4 is 0 Å². The van der Waals surface area contributed by atoms with Gasteiger partial charge in [-0.25, -0.2) is 37.5 Å². The van der Waals surface area contributed by atoms with E-state index in [9.17, 15) is 42.4 Å². The largest absolute Gasteiger partial charge is 0.395 e. The molecule has 1 aliphatic carbocycles. The molecule has 0 spiro atoms. The van der Waals surface area contributed by atoms with Gasteiger partial charge in [-0.1, -0.05) is 25.1 Å². The standard InChI is InChI=1S/C29H35F5N4O4S/c1-15(2)17-4-3-9-35-24(17)27(28(42)5-7-29(33,34)8-6-28)43-14-21(40)25(26(41)22(43)13-39)38-12-20(36-37-38)16-10-18(30)23(32)19(31)11-16/h3-4,9-12,15,21-22,25-27,39-43H,5-8,13-14H2,1-2H3/t21-,22+,25-,26-,27?/m0/s1. The molecule has 6 atom stereocenters. The zero-order valence-electron chi connectivity index (χ0n) is 23.6. The Morgan fingerprint density at radius 2 is 1.72 bits per heavy atom. The van der Waals surface area contributed by atoms with Crippen molar-refractivity contribution in [3.8, 4) is 11.3 Å². The molecule has 43 heavy (non-hydrogen) atoms. The maximum absolute atomic E-state index is 14.2. The Kier molecular flexibility index (Phi) is 8.89. The number of aliphatic hydroxyl groups is 4. The van der Waals surface area contributed by atoms with Gasteiger partial charge in [0.25, 0.3) is 0 Å². The van der Waals surface area contributed by atoms with Gasteiger partial charge in [0, 0.05) is 35.6 Å². The highest BCUT2D eigenvalue weighted by atomic mass is 32.2. The number of alkyl halides is 2. The van der Waals surface area contributed by atoms with E-state index in [1.165, 1.54) is 6.20 Å². The van der Waals surface area contributed by atoms with Gasteiger partial charge in [0.05, 0.1) is 41.6 Å². The second-order valence-electron chi connectivity index (χ2n) is 11.8. The molecule has 14 heteroatoms. The van der Waals surface area contributed by atoms with E-state index in [-0.39, 0.29) is 35.8 Å². The highest BCUT2D eigenvalue weighted by molar-refractivity contribution is 8.18. The van der Waals surface area contributed by atoms with E-state index in [1.807, 2.05) is 19.9 Å². The number of benzene rings is 1. The summed E-state index contributed by atoms with van der Waals surface area (Å²) in [6.45, 7) is 3.34. The lowest BCUT2D eigenvalue weighted by atomic mass is 9.78. The molecule has 1 aromatic carbocycles. The molecule has 1 aliphatic heterocycles. The Hall–Kier alpha value is -2.65. The quantitative estimate of drug-likeness (QED) is 0.151. The lowest BCUT2D eigenvalue weighted by Gasteiger charge is -2.53. The number of halogens is 5. The van der Waals surface area contributed by atoms with Gasteiger partial charge in [-0.15, -0.1) is 5.10 Å². The molecule has 3 heterocycles. The third-order valence-electron chi connectivity index (χ3n) is 8.68. The Bertz CT molecular complexity index is 1430. The van der Waals surface area contributed by atoms with Crippen molar-refractivity contribution in [3.63, 3.8) is 0 Å². The molecule has 0 radical (unpaired) electrons. The van der Waals surface area contributed by atoms with E-state index >= 15 is 0 Å². The number of rotatable bonds is 7. The molecule has 1 saturated heterocycles. The van der Waals surface area contributed by atoms with Crippen LogP contribution in [0.15, 0.2) is 36.7 Å². The number of hydrogen-bond donors (Lipinski definition) is 5. The summed E-state index contributed by atoms with van der Waals surface area (Å²) in [6.07, 6.45) is -1.43. The minimum atomic E-state index is -2.93. The van der Waals surface area contributed by atoms with Crippen LogP contribution in [-0.2, 0) is 0 Å². The van der Waals surface area contributed by atoms with Crippen LogP contribution in [0.5, 0.6) is 0 Å². The van der Waals surface area contributed by atoms with Gasteiger partial charge in [0.15, 0.2) is 17.5 Å². The maximum Gasteiger partial charge on any atom is 0.248 e. The SMILES string of the molecule is CC(C)c1cccnc1C([SH]1C[C@H](O)[C@H](n2cc(-c3cc(F)c(F)c(F)c3)nn2)[C@@H](O)[C@H]1CO)C1(O)CCC(F)(F)CC1. The Morgan fingerprint density at radius 3 is 2.33 bits per heavy atom. The Balaban J connectivity index is 1.52. The van der Waals surface area contributed by atoms with Crippen molar-refractivity contribution in [2.24, 2.45) is 0 Å². The summed E-state index contributed by atoms with van der Waals surface area (Å²) in [6, 6.07) is 3.93. The van der Waals surface area contributed by atoms with Crippen LogP contribution in [0.3, 0.4) is 0 Å². The number of hydrogen-bond acceptors (Lipinski definition) is 7. The van der Waals surface area contributed by atoms with Gasteiger partial charge in [0.1, 0.15) is 11.7 Å². The van der Waals surface area contributed by atoms with Crippen molar-refractivity contribution >= 4 is 10.9 Å². The minimum Gasteiger partial charge on any atom is -0.395 e. The highest BCUT2D eigenvalue weighted by Crippen LogP contribution is 2.61. The monoisotopic (exact) mass is 630 g/mol. The fraction of sp³-hybridized carbons (Fsp3) is 0.552. The second-order valence-corrected chi connectivity index (χ2v) is 14.4. The van der Waals surface area contributed by atoms with Crippen LogP contribution in [0.2, 0.25) is 0 Å². The van der Waals surface area contributed by atoms with Crippen molar-refractivity contribution in [2.75, 3.05) is 12.4 Å². The normalized spacial score (nSPS) is 28.6. The summed E-state index contributed by atoms with van der Waals surface area (Å²) in [5.74, 6) is -7.46. The summed E-state index contributed by atoms with van der Waals surface area (Å²) in [5.41, 5.74) is -0.492. The first-order chi connectivity index (χ1) is 20.3. The van der Waals surface area contributed by atoms with Gasteiger partial charge in [-0.05, 0) is 42.5 Å². The zero-order valence-corrected chi connectivity index (χ0v) is 24.5. The van der Waals surface area contributed by atoms with Gasteiger partial charge in [-0.2, -0.15) is 0 Å². The third kappa shape index (κ3) is 6.04. The van der Waals surface area contributed by atoms with E-state index < -0.39 is 88.1 Å². The van der Waals surface area contributed by atoms with Crippen molar-refractivity contribution < 1.29 is 42.4 Å². The predicted octanol–water partition coefficient (Wildman–Crippen LogP) is 4.20. The highest BCUT2D eigenvalue weighted by Gasteiger charge is 2.54. The molecule has 2 aliphatic rings. The smallest absolute Gasteiger partial charge is 0.248 e. The number of aliphatic hydroxyl groups excluding tert-OH is 3.